The second-order valence-electron chi connectivity index (χ2n) is 9.92. The van der Waals surface area contributed by atoms with Gasteiger partial charge in [-0.05, 0) is 66.4 Å². The smallest absolute Gasteiger partial charge is 0.350 e. The molecule has 0 atom stereocenters. The first-order valence-corrected chi connectivity index (χ1v) is 13.1. The van der Waals surface area contributed by atoms with Crippen molar-refractivity contribution < 1.29 is 22.4 Å². The van der Waals surface area contributed by atoms with Gasteiger partial charge >= 0.3 is 6.18 Å². The van der Waals surface area contributed by atoms with Crippen LogP contribution in [0.15, 0.2) is 79.6 Å². The topological polar surface area (TPSA) is 105 Å². The molecular formula is C31H22F4N8O. The first-order valence-electron chi connectivity index (χ1n) is 13.1. The van der Waals surface area contributed by atoms with Gasteiger partial charge in [0, 0.05) is 42.5 Å². The molecule has 220 valence electrons. The van der Waals surface area contributed by atoms with Gasteiger partial charge in [0.05, 0.1) is 41.1 Å². The zero-order chi connectivity index (χ0) is 31.0. The van der Waals surface area contributed by atoms with E-state index >= 15 is 0 Å². The number of imidazole rings is 1. The largest absolute Gasteiger partial charge is 0.416 e. The van der Waals surface area contributed by atoms with Crippen molar-refractivity contribution in [3.8, 4) is 23.0 Å². The number of carbonyl (C=O) groups is 1. The minimum Gasteiger partial charge on any atom is -0.350 e. The molecule has 0 bridgehead atoms. The summed E-state index contributed by atoms with van der Waals surface area (Å²) >= 11 is 0. The Labute approximate surface area is 247 Å². The van der Waals surface area contributed by atoms with Crippen LogP contribution in [0, 0.1) is 24.6 Å². The Morgan fingerprint density at radius 2 is 1.86 bits per heavy atom. The number of hydrogen-bond donors (Lipinski definition) is 3. The molecule has 13 heteroatoms. The van der Waals surface area contributed by atoms with E-state index in [0.29, 0.717) is 28.0 Å². The first-order chi connectivity index (χ1) is 21.0. The summed E-state index contributed by atoms with van der Waals surface area (Å²) in [5, 5.41) is 16.3. The van der Waals surface area contributed by atoms with E-state index in [1.54, 1.807) is 49.4 Å². The molecule has 6 aromatic rings. The number of benzene rings is 2. The van der Waals surface area contributed by atoms with Gasteiger partial charge in [0.1, 0.15) is 11.5 Å². The lowest BCUT2D eigenvalue weighted by molar-refractivity contribution is -0.137. The number of hydrogen-bond acceptors (Lipinski definition) is 5. The van der Waals surface area contributed by atoms with Crippen LogP contribution in [0.3, 0.4) is 0 Å². The van der Waals surface area contributed by atoms with Crippen LogP contribution in [0.4, 0.5) is 34.6 Å². The molecule has 1 amide bonds. The maximum absolute atomic E-state index is 15.0. The molecule has 0 unspecified atom stereocenters. The lowest BCUT2D eigenvalue weighted by Gasteiger charge is -2.13. The van der Waals surface area contributed by atoms with Gasteiger partial charge in [0.15, 0.2) is 5.65 Å². The Morgan fingerprint density at radius 1 is 1.02 bits per heavy atom. The SMILES string of the molecule is Cc1cc(F)c(C(=O)Nc2cc(-c3cnn(C)c3)cc(C(F)(F)F)c2)cc1C#Cc1cnc2c(Nc3cn[nH]c3)cccn12. The number of aromatic nitrogens is 6. The summed E-state index contributed by atoms with van der Waals surface area (Å²) in [6.45, 7) is 1.64. The zero-order valence-electron chi connectivity index (χ0n) is 23.2. The summed E-state index contributed by atoms with van der Waals surface area (Å²) in [5.41, 5.74) is 2.58. The number of aryl methyl sites for hydroxylation is 2. The minimum atomic E-state index is -4.68. The highest BCUT2D eigenvalue weighted by Gasteiger charge is 2.31. The van der Waals surface area contributed by atoms with Crippen molar-refractivity contribution in [3.63, 3.8) is 0 Å². The van der Waals surface area contributed by atoms with Crippen LogP contribution in [0.1, 0.15) is 32.7 Å². The van der Waals surface area contributed by atoms with E-state index < -0.39 is 23.5 Å². The van der Waals surface area contributed by atoms with Gasteiger partial charge in [-0.1, -0.05) is 5.92 Å². The number of nitrogens with one attached hydrogen (secondary N) is 3. The predicted molar refractivity (Wildman–Crippen MR) is 156 cm³/mol. The average molecular weight is 599 g/mol. The summed E-state index contributed by atoms with van der Waals surface area (Å²) < 4.78 is 59.2. The summed E-state index contributed by atoms with van der Waals surface area (Å²) in [7, 11) is 1.63. The maximum atomic E-state index is 15.0. The molecule has 44 heavy (non-hydrogen) atoms. The lowest BCUT2D eigenvalue weighted by atomic mass is 10.0. The number of nitrogens with zero attached hydrogens (tertiary/aromatic N) is 5. The molecule has 0 aliphatic rings. The van der Waals surface area contributed by atoms with Crippen molar-refractivity contribution in [2.24, 2.45) is 7.05 Å². The Bertz CT molecular complexity index is 2080. The standard InChI is InChI=1S/C31H22F4N8O/c1-18-8-27(32)26(30(44)41-23-10-20(21-13-39-42(2)17-21)9-22(12-23)31(33,34)35)11-19(18)5-6-25-16-36-29-28(4-3-7-43(25)29)40-24-14-37-38-15-24/h3-4,7-17,40H,1-2H3,(H,37,38)(H,41,44). The van der Waals surface area contributed by atoms with E-state index in [0.717, 1.165) is 29.6 Å². The summed E-state index contributed by atoms with van der Waals surface area (Å²) in [5.74, 6) is 4.22. The fourth-order valence-electron chi connectivity index (χ4n) is 4.59. The monoisotopic (exact) mass is 598 g/mol. The molecule has 6 rings (SSSR count). The molecule has 4 aromatic heterocycles. The van der Waals surface area contributed by atoms with Crippen molar-refractivity contribution in [3.05, 3.63) is 113 Å². The lowest BCUT2D eigenvalue weighted by Crippen LogP contribution is -2.15. The van der Waals surface area contributed by atoms with Crippen LogP contribution in [-0.2, 0) is 13.2 Å². The molecule has 0 spiro atoms. The Kier molecular flexibility index (Phi) is 7.10. The second kappa shape index (κ2) is 11.1. The fraction of sp³-hybridized carbons (Fsp3) is 0.0968. The normalized spacial score (nSPS) is 11.3. The number of alkyl halides is 3. The van der Waals surface area contributed by atoms with Gasteiger partial charge in [0.25, 0.3) is 5.91 Å². The maximum Gasteiger partial charge on any atom is 0.416 e. The zero-order valence-corrected chi connectivity index (χ0v) is 23.2. The van der Waals surface area contributed by atoms with Crippen molar-refractivity contribution in [2.45, 2.75) is 13.1 Å². The van der Waals surface area contributed by atoms with Gasteiger partial charge in [0.2, 0.25) is 0 Å². The molecule has 0 saturated carbocycles. The third kappa shape index (κ3) is 5.73. The predicted octanol–water partition coefficient (Wildman–Crippen LogP) is 6.32. The first kappa shape index (κ1) is 28.2. The number of aromatic amines is 1. The Hall–Kier alpha value is -5.90. The van der Waals surface area contributed by atoms with E-state index in [4.69, 9.17) is 0 Å². The molecule has 0 aliphatic carbocycles. The van der Waals surface area contributed by atoms with Crippen molar-refractivity contribution >= 4 is 28.6 Å². The van der Waals surface area contributed by atoms with Gasteiger partial charge in [-0.15, -0.1) is 0 Å². The number of H-pyrrole nitrogens is 1. The third-order valence-electron chi connectivity index (χ3n) is 6.75. The molecule has 9 nitrogen and oxygen atoms in total. The minimum absolute atomic E-state index is 0.151. The second-order valence-corrected chi connectivity index (χ2v) is 9.92. The van der Waals surface area contributed by atoms with Crippen LogP contribution in [0.2, 0.25) is 0 Å². The number of anilines is 3. The molecule has 0 aliphatic heterocycles. The molecule has 0 fully saturated rings. The molecule has 3 N–H and O–H groups in total. The quantitative estimate of drug-likeness (QED) is 0.159. The highest BCUT2D eigenvalue weighted by molar-refractivity contribution is 6.05. The van der Waals surface area contributed by atoms with Crippen LogP contribution >= 0.6 is 0 Å². The molecule has 0 radical (unpaired) electrons. The van der Waals surface area contributed by atoms with Gasteiger partial charge < -0.3 is 10.6 Å². The number of halogens is 4. The molecular weight excluding hydrogens is 576 g/mol. The number of pyridine rings is 1. The summed E-state index contributed by atoms with van der Waals surface area (Å²) in [6.07, 6.45) is 4.98. The Balaban J connectivity index is 1.30. The summed E-state index contributed by atoms with van der Waals surface area (Å²) in [6, 6.07) is 9.24. The van der Waals surface area contributed by atoms with E-state index in [1.807, 2.05) is 12.1 Å². The van der Waals surface area contributed by atoms with Gasteiger partial charge in [-0.25, -0.2) is 9.37 Å². The molecule has 4 heterocycles. The van der Waals surface area contributed by atoms with Gasteiger partial charge in [-0.3, -0.25) is 19.0 Å². The van der Waals surface area contributed by atoms with Crippen molar-refractivity contribution in [1.82, 2.24) is 29.4 Å². The van der Waals surface area contributed by atoms with Crippen LogP contribution in [0.25, 0.3) is 16.8 Å². The molecule has 2 aromatic carbocycles. The fourth-order valence-corrected chi connectivity index (χ4v) is 4.59. The van der Waals surface area contributed by atoms with Crippen molar-refractivity contribution in [2.75, 3.05) is 10.6 Å². The number of amides is 1. The van der Waals surface area contributed by atoms with Gasteiger partial charge in [-0.2, -0.15) is 23.4 Å². The van der Waals surface area contributed by atoms with Crippen molar-refractivity contribution in [1.29, 1.82) is 0 Å². The van der Waals surface area contributed by atoms with E-state index in [-0.39, 0.29) is 16.8 Å². The number of carbonyl (C=O) groups excluding carboxylic acids is 1. The Morgan fingerprint density at radius 3 is 2.59 bits per heavy atom. The highest BCUT2D eigenvalue weighted by Crippen LogP contribution is 2.35. The average Bonchev–Trinajstić information content (AvgIpc) is 3.74. The van der Waals surface area contributed by atoms with Crippen LogP contribution in [0.5, 0.6) is 0 Å². The van der Waals surface area contributed by atoms with E-state index in [9.17, 15) is 22.4 Å². The van der Waals surface area contributed by atoms with E-state index in [1.165, 1.54) is 23.0 Å². The number of fused-ring (bicyclic) bond motifs is 1. The number of rotatable bonds is 5. The van der Waals surface area contributed by atoms with Crippen LogP contribution in [-0.4, -0.2) is 35.3 Å². The molecule has 0 saturated heterocycles. The third-order valence-corrected chi connectivity index (χ3v) is 6.75. The highest BCUT2D eigenvalue weighted by atomic mass is 19.4. The van der Waals surface area contributed by atoms with E-state index in [2.05, 4.69) is 42.8 Å². The summed E-state index contributed by atoms with van der Waals surface area (Å²) in [4.78, 5) is 17.6. The van der Waals surface area contributed by atoms with Crippen LogP contribution < -0.4 is 10.6 Å².